The van der Waals surface area contributed by atoms with E-state index in [0.29, 0.717) is 18.5 Å². The third-order valence-corrected chi connectivity index (χ3v) is 4.03. The van der Waals surface area contributed by atoms with Crippen LogP contribution < -0.4 is 16.8 Å². The molecule has 0 radical (unpaired) electrons. The number of carbonyl (C=O) groups excluding carboxylic acids is 1. The number of nitrogens with one attached hydrogen (secondary N) is 1. The maximum Gasteiger partial charge on any atom is 0.250 e. The van der Waals surface area contributed by atoms with Gasteiger partial charge in [-0.05, 0) is 44.9 Å². The van der Waals surface area contributed by atoms with E-state index >= 15 is 0 Å². The van der Waals surface area contributed by atoms with Crippen molar-refractivity contribution < 1.29 is 9.18 Å². The third kappa shape index (κ3) is 3.64. The van der Waals surface area contributed by atoms with Crippen LogP contribution in [0.2, 0.25) is 0 Å². The van der Waals surface area contributed by atoms with Gasteiger partial charge >= 0.3 is 0 Å². The Kier molecular flexibility index (Phi) is 4.67. The highest BCUT2D eigenvalue weighted by Crippen LogP contribution is 2.24. The van der Waals surface area contributed by atoms with Crippen LogP contribution in [-0.4, -0.2) is 36.5 Å². The summed E-state index contributed by atoms with van der Waals surface area (Å²) in [5.41, 5.74) is 11.3. The number of rotatable bonds is 5. The highest BCUT2D eigenvalue weighted by atomic mass is 19.1. The van der Waals surface area contributed by atoms with E-state index in [-0.39, 0.29) is 16.9 Å². The largest absolute Gasteiger partial charge is 0.398 e. The molecule has 1 aromatic rings. The first-order valence-electron chi connectivity index (χ1n) is 7.25. The van der Waals surface area contributed by atoms with Crippen molar-refractivity contribution in [1.29, 1.82) is 0 Å². The number of primary amides is 1. The molecule has 1 unspecified atom stereocenters. The minimum Gasteiger partial charge on any atom is -0.398 e. The molecule has 1 heterocycles. The van der Waals surface area contributed by atoms with Crippen LogP contribution in [0.4, 0.5) is 15.8 Å². The van der Waals surface area contributed by atoms with Crippen LogP contribution in [0, 0.1) is 11.7 Å². The molecule has 1 fully saturated rings. The first-order valence-corrected chi connectivity index (χ1v) is 7.25. The van der Waals surface area contributed by atoms with Crippen LogP contribution in [0.5, 0.6) is 0 Å². The quantitative estimate of drug-likeness (QED) is 0.721. The molecule has 5 nitrogen and oxygen atoms in total. The van der Waals surface area contributed by atoms with Gasteiger partial charge in [-0.2, -0.15) is 0 Å². The van der Waals surface area contributed by atoms with E-state index in [9.17, 15) is 9.18 Å². The van der Waals surface area contributed by atoms with Gasteiger partial charge in [0.2, 0.25) is 0 Å². The topological polar surface area (TPSA) is 84.4 Å². The number of nitrogens with two attached hydrogens (primary N) is 2. The Morgan fingerprint density at radius 2 is 2.24 bits per heavy atom. The molecule has 0 aliphatic carbocycles. The van der Waals surface area contributed by atoms with Crippen molar-refractivity contribution in [2.24, 2.45) is 11.7 Å². The molecule has 1 aliphatic rings. The monoisotopic (exact) mass is 294 g/mol. The molecule has 1 amide bonds. The number of anilines is 2. The lowest BCUT2D eigenvalue weighted by Crippen LogP contribution is -2.29. The van der Waals surface area contributed by atoms with Gasteiger partial charge in [0, 0.05) is 24.8 Å². The summed E-state index contributed by atoms with van der Waals surface area (Å²) in [4.78, 5) is 13.7. The van der Waals surface area contributed by atoms with Crippen LogP contribution in [0.1, 0.15) is 30.6 Å². The van der Waals surface area contributed by atoms with E-state index in [0.717, 1.165) is 25.6 Å². The molecule has 1 aromatic carbocycles. The Morgan fingerprint density at radius 1 is 1.52 bits per heavy atom. The normalized spacial score (nSPS) is 19.1. The highest BCUT2D eigenvalue weighted by molar-refractivity contribution is 5.99. The number of nitrogen functional groups attached to an aromatic ring is 1. The molecule has 116 valence electrons. The number of hydrogen-bond donors (Lipinski definition) is 3. The summed E-state index contributed by atoms with van der Waals surface area (Å²) in [6, 6.07) is 3.06. The molecule has 0 saturated carbocycles. The molecule has 6 heteroatoms. The summed E-state index contributed by atoms with van der Waals surface area (Å²) in [6.07, 6.45) is 1.09. The number of carbonyl (C=O) groups is 1. The maximum absolute atomic E-state index is 13.9. The molecule has 1 atom stereocenters. The van der Waals surface area contributed by atoms with Crippen LogP contribution >= 0.6 is 0 Å². The number of likely N-dealkylation sites (tertiary alicyclic amines) is 1. The second kappa shape index (κ2) is 6.30. The lowest BCUT2D eigenvalue weighted by Gasteiger charge is -2.20. The zero-order chi connectivity index (χ0) is 15.6. The van der Waals surface area contributed by atoms with E-state index in [1.807, 2.05) is 0 Å². The van der Waals surface area contributed by atoms with E-state index in [1.54, 1.807) is 0 Å². The number of amides is 1. The van der Waals surface area contributed by atoms with E-state index < -0.39 is 11.7 Å². The van der Waals surface area contributed by atoms with Crippen molar-refractivity contribution in [2.45, 2.75) is 26.3 Å². The smallest absolute Gasteiger partial charge is 0.250 e. The summed E-state index contributed by atoms with van der Waals surface area (Å²) >= 11 is 0. The molecule has 1 aliphatic heterocycles. The van der Waals surface area contributed by atoms with Gasteiger partial charge < -0.3 is 21.7 Å². The van der Waals surface area contributed by atoms with E-state index in [2.05, 4.69) is 24.1 Å². The molecule has 0 aromatic heterocycles. The fraction of sp³-hybridized carbons (Fsp3) is 0.533. The average Bonchev–Trinajstić information content (AvgIpc) is 2.86. The Labute approximate surface area is 124 Å². The third-order valence-electron chi connectivity index (χ3n) is 4.03. The van der Waals surface area contributed by atoms with Crippen molar-refractivity contribution in [2.75, 3.05) is 30.7 Å². The lowest BCUT2D eigenvalue weighted by molar-refractivity contribution is 0.100. The summed E-state index contributed by atoms with van der Waals surface area (Å²) in [5.74, 6) is -0.639. The first kappa shape index (κ1) is 15.6. The second-order valence-corrected chi connectivity index (χ2v) is 5.91. The fourth-order valence-electron chi connectivity index (χ4n) is 2.69. The molecule has 21 heavy (non-hydrogen) atoms. The lowest BCUT2D eigenvalue weighted by atomic mass is 10.1. The number of benzene rings is 1. The minimum absolute atomic E-state index is 0.0670. The van der Waals surface area contributed by atoms with Crippen molar-refractivity contribution >= 4 is 17.3 Å². The molecule has 0 spiro atoms. The minimum atomic E-state index is -0.651. The summed E-state index contributed by atoms with van der Waals surface area (Å²) < 4.78 is 13.9. The van der Waals surface area contributed by atoms with Crippen molar-refractivity contribution in [3.63, 3.8) is 0 Å². The zero-order valence-electron chi connectivity index (χ0n) is 12.5. The van der Waals surface area contributed by atoms with Crippen molar-refractivity contribution in [1.82, 2.24) is 4.90 Å². The standard InChI is InChI=1S/C15H23FN4O/c1-9(2)20-4-3-10(8-20)7-19-14-5-11(15(18)21)13(17)6-12(14)16/h5-6,9-10,19H,3-4,7-8,17H2,1-2H3,(H2,18,21). The zero-order valence-corrected chi connectivity index (χ0v) is 12.5. The van der Waals surface area contributed by atoms with Crippen LogP contribution in [-0.2, 0) is 0 Å². The molecular weight excluding hydrogens is 271 g/mol. The Morgan fingerprint density at radius 3 is 2.81 bits per heavy atom. The average molecular weight is 294 g/mol. The van der Waals surface area contributed by atoms with Gasteiger partial charge in [0.1, 0.15) is 5.82 Å². The van der Waals surface area contributed by atoms with Crippen molar-refractivity contribution in [3.8, 4) is 0 Å². The Hall–Kier alpha value is -1.82. The summed E-state index contributed by atoms with van der Waals surface area (Å²) in [7, 11) is 0. The van der Waals surface area contributed by atoms with Gasteiger partial charge in [0.15, 0.2) is 0 Å². The van der Waals surface area contributed by atoms with Crippen LogP contribution in [0.25, 0.3) is 0 Å². The SMILES string of the molecule is CC(C)N1CCC(CNc2cc(C(N)=O)c(N)cc2F)C1. The van der Waals surface area contributed by atoms with Gasteiger partial charge in [0.25, 0.3) is 5.91 Å². The summed E-state index contributed by atoms with van der Waals surface area (Å²) in [6.45, 7) is 7.09. The second-order valence-electron chi connectivity index (χ2n) is 5.91. The van der Waals surface area contributed by atoms with E-state index in [4.69, 9.17) is 11.5 Å². The maximum atomic E-state index is 13.9. The number of nitrogens with zero attached hydrogens (tertiary/aromatic N) is 1. The predicted molar refractivity (Wildman–Crippen MR) is 82.6 cm³/mol. The molecule has 0 bridgehead atoms. The van der Waals surface area contributed by atoms with Gasteiger partial charge in [0.05, 0.1) is 11.3 Å². The Bertz CT molecular complexity index is 533. The van der Waals surface area contributed by atoms with Crippen LogP contribution in [0.15, 0.2) is 12.1 Å². The van der Waals surface area contributed by atoms with E-state index in [1.165, 1.54) is 6.07 Å². The van der Waals surface area contributed by atoms with Gasteiger partial charge in [-0.1, -0.05) is 0 Å². The van der Waals surface area contributed by atoms with Gasteiger partial charge in [-0.3, -0.25) is 4.79 Å². The molecular formula is C15H23FN4O. The Balaban J connectivity index is 2.01. The molecule has 1 saturated heterocycles. The number of halogens is 1. The molecule has 5 N–H and O–H groups in total. The molecule has 2 rings (SSSR count). The fourth-order valence-corrected chi connectivity index (χ4v) is 2.69. The summed E-state index contributed by atoms with van der Waals surface area (Å²) in [5, 5.41) is 3.07. The predicted octanol–water partition coefficient (Wildman–Crippen LogP) is 1.65. The van der Waals surface area contributed by atoms with Crippen LogP contribution in [0.3, 0.4) is 0 Å². The highest BCUT2D eigenvalue weighted by Gasteiger charge is 2.24. The van der Waals surface area contributed by atoms with Crippen molar-refractivity contribution in [3.05, 3.63) is 23.5 Å². The first-order chi connectivity index (χ1) is 9.88. The van der Waals surface area contributed by atoms with Gasteiger partial charge in [-0.25, -0.2) is 4.39 Å². The van der Waals surface area contributed by atoms with Gasteiger partial charge in [-0.15, -0.1) is 0 Å². The number of hydrogen-bond acceptors (Lipinski definition) is 4.